The van der Waals surface area contributed by atoms with Gasteiger partial charge in [-0.2, -0.15) is 0 Å². The summed E-state index contributed by atoms with van der Waals surface area (Å²) in [5, 5.41) is 0.635. The van der Waals surface area contributed by atoms with E-state index in [1.807, 2.05) is 12.1 Å². The molecular weight excluding hydrogens is 368 g/mol. The summed E-state index contributed by atoms with van der Waals surface area (Å²) in [6.07, 6.45) is 0. The van der Waals surface area contributed by atoms with Gasteiger partial charge in [-0.25, -0.2) is 4.98 Å². The topological polar surface area (TPSA) is 73.4 Å². The lowest BCUT2D eigenvalue weighted by atomic mass is 10.1. The Bertz CT molecular complexity index is 955. The molecule has 0 spiro atoms. The molecule has 3 rings (SSSR count). The van der Waals surface area contributed by atoms with E-state index in [4.69, 9.17) is 25.8 Å². The van der Waals surface area contributed by atoms with E-state index in [0.717, 1.165) is 5.56 Å². The van der Waals surface area contributed by atoms with E-state index in [2.05, 4.69) is 9.97 Å². The number of methoxy groups -OCH3 is 3. The molecule has 0 fully saturated rings. The molecule has 0 aliphatic carbocycles. The second-order valence-corrected chi connectivity index (χ2v) is 6.25. The summed E-state index contributed by atoms with van der Waals surface area (Å²) < 4.78 is 15.9. The molecule has 1 N–H and O–H groups in total. The number of carbonyl (C=O) groups excluding carboxylic acids is 1. The van der Waals surface area contributed by atoms with Crippen molar-refractivity contribution in [3.8, 4) is 28.6 Å². The van der Waals surface area contributed by atoms with Crippen molar-refractivity contribution < 1.29 is 19.0 Å². The van der Waals surface area contributed by atoms with E-state index < -0.39 is 0 Å². The van der Waals surface area contributed by atoms with Crippen molar-refractivity contribution in [2.24, 2.45) is 0 Å². The minimum Gasteiger partial charge on any atom is -0.493 e. The van der Waals surface area contributed by atoms with Gasteiger partial charge >= 0.3 is 0 Å². The summed E-state index contributed by atoms with van der Waals surface area (Å²) in [6.45, 7) is 1.80. The van der Waals surface area contributed by atoms with Crippen molar-refractivity contribution in [1.29, 1.82) is 0 Å². The van der Waals surface area contributed by atoms with Gasteiger partial charge in [0.15, 0.2) is 11.5 Å². The normalized spacial score (nSPS) is 10.6. The number of aromatic nitrogens is 2. The molecule has 7 heteroatoms. The standard InChI is InChI=1S/C20H19ClN2O4/c1-11-17(23-20(22-11)12-5-7-14(21)8-6-12)18(24)13-9-15(25-2)19(27-4)16(10-13)26-3/h5-10H,1-4H3,(H,22,23). The molecule has 0 bridgehead atoms. The van der Waals surface area contributed by atoms with Crippen LogP contribution in [0.1, 0.15) is 21.7 Å². The van der Waals surface area contributed by atoms with Gasteiger partial charge in [-0.1, -0.05) is 11.6 Å². The predicted molar refractivity (Wildman–Crippen MR) is 103 cm³/mol. The van der Waals surface area contributed by atoms with Crippen molar-refractivity contribution in [2.45, 2.75) is 6.92 Å². The number of imidazole rings is 1. The number of ketones is 1. The average molecular weight is 387 g/mol. The summed E-state index contributed by atoms with van der Waals surface area (Å²) >= 11 is 5.93. The maximum Gasteiger partial charge on any atom is 0.213 e. The molecule has 0 radical (unpaired) electrons. The summed E-state index contributed by atoms with van der Waals surface area (Å²) in [5.41, 5.74) is 2.22. The van der Waals surface area contributed by atoms with Crippen molar-refractivity contribution in [3.05, 3.63) is 58.4 Å². The lowest BCUT2D eigenvalue weighted by Crippen LogP contribution is -2.06. The van der Waals surface area contributed by atoms with E-state index in [1.54, 1.807) is 31.2 Å². The number of aryl methyl sites for hydroxylation is 1. The number of nitrogens with one attached hydrogen (secondary N) is 1. The predicted octanol–water partition coefficient (Wildman–Crippen LogP) is 4.30. The molecule has 0 saturated carbocycles. The van der Waals surface area contributed by atoms with Crippen LogP contribution in [0.3, 0.4) is 0 Å². The van der Waals surface area contributed by atoms with Crippen LogP contribution in [-0.2, 0) is 0 Å². The Balaban J connectivity index is 2.02. The Morgan fingerprint density at radius 3 is 2.11 bits per heavy atom. The Labute approximate surface area is 162 Å². The molecule has 0 aliphatic rings. The fourth-order valence-corrected chi connectivity index (χ4v) is 2.90. The highest BCUT2D eigenvalue weighted by atomic mass is 35.5. The van der Waals surface area contributed by atoms with Crippen molar-refractivity contribution >= 4 is 17.4 Å². The third-order valence-corrected chi connectivity index (χ3v) is 4.40. The highest BCUT2D eigenvalue weighted by Crippen LogP contribution is 2.38. The van der Waals surface area contributed by atoms with Gasteiger partial charge < -0.3 is 19.2 Å². The first-order chi connectivity index (χ1) is 13.0. The number of ether oxygens (including phenoxy) is 3. The number of aromatic amines is 1. The lowest BCUT2D eigenvalue weighted by molar-refractivity contribution is 0.103. The SMILES string of the molecule is COc1cc(C(=O)c2nc(-c3ccc(Cl)cc3)[nH]c2C)cc(OC)c1OC. The van der Waals surface area contributed by atoms with Crippen LogP contribution in [0.5, 0.6) is 17.2 Å². The smallest absolute Gasteiger partial charge is 0.213 e. The number of carbonyl (C=O) groups is 1. The second-order valence-electron chi connectivity index (χ2n) is 5.81. The first kappa shape index (κ1) is 18.8. The van der Waals surface area contributed by atoms with Gasteiger partial charge in [0.2, 0.25) is 11.5 Å². The molecule has 0 aliphatic heterocycles. The van der Waals surface area contributed by atoms with Gasteiger partial charge in [0, 0.05) is 21.8 Å². The number of rotatable bonds is 6. The van der Waals surface area contributed by atoms with Gasteiger partial charge in [-0.3, -0.25) is 4.79 Å². The molecule has 1 aromatic heterocycles. The minimum atomic E-state index is -0.247. The quantitative estimate of drug-likeness (QED) is 0.639. The lowest BCUT2D eigenvalue weighted by Gasteiger charge is -2.13. The van der Waals surface area contributed by atoms with E-state index >= 15 is 0 Å². The zero-order valence-electron chi connectivity index (χ0n) is 15.4. The van der Waals surface area contributed by atoms with E-state index in [0.29, 0.717) is 45.0 Å². The van der Waals surface area contributed by atoms with Gasteiger partial charge in [-0.05, 0) is 43.3 Å². The molecule has 2 aromatic carbocycles. The van der Waals surface area contributed by atoms with Crippen LogP contribution < -0.4 is 14.2 Å². The highest BCUT2D eigenvalue weighted by molar-refractivity contribution is 6.30. The third kappa shape index (κ3) is 3.61. The molecule has 0 atom stereocenters. The van der Waals surface area contributed by atoms with Crippen molar-refractivity contribution in [2.75, 3.05) is 21.3 Å². The summed E-state index contributed by atoms with van der Waals surface area (Å²) in [7, 11) is 4.52. The molecule has 0 unspecified atom stereocenters. The van der Waals surface area contributed by atoms with Crippen LogP contribution in [0.4, 0.5) is 0 Å². The number of halogens is 1. The molecule has 3 aromatic rings. The third-order valence-electron chi connectivity index (χ3n) is 4.14. The van der Waals surface area contributed by atoms with Crippen LogP contribution in [0.15, 0.2) is 36.4 Å². The van der Waals surface area contributed by atoms with Gasteiger partial charge in [0.05, 0.1) is 21.3 Å². The van der Waals surface area contributed by atoms with Gasteiger partial charge in [0.1, 0.15) is 11.5 Å². The second kappa shape index (κ2) is 7.72. The fourth-order valence-electron chi connectivity index (χ4n) is 2.77. The number of nitrogens with zero attached hydrogens (tertiary/aromatic N) is 1. The molecule has 1 heterocycles. The molecule has 0 saturated heterocycles. The summed E-state index contributed by atoms with van der Waals surface area (Å²) in [5.74, 6) is 1.60. The first-order valence-corrected chi connectivity index (χ1v) is 8.53. The Kier molecular flexibility index (Phi) is 5.37. The Morgan fingerprint density at radius 2 is 1.59 bits per heavy atom. The van der Waals surface area contributed by atoms with E-state index in [1.165, 1.54) is 21.3 Å². The first-order valence-electron chi connectivity index (χ1n) is 8.15. The Hall–Kier alpha value is -2.99. The van der Waals surface area contributed by atoms with Gasteiger partial charge in [0.25, 0.3) is 0 Å². The number of hydrogen-bond donors (Lipinski definition) is 1. The van der Waals surface area contributed by atoms with Crippen LogP contribution in [0.2, 0.25) is 5.02 Å². The van der Waals surface area contributed by atoms with Crippen LogP contribution in [-0.4, -0.2) is 37.1 Å². The molecule has 0 amide bonds. The van der Waals surface area contributed by atoms with E-state index in [9.17, 15) is 4.79 Å². The van der Waals surface area contributed by atoms with Crippen LogP contribution >= 0.6 is 11.6 Å². The van der Waals surface area contributed by atoms with E-state index in [-0.39, 0.29) is 5.78 Å². The molecular formula is C20H19ClN2O4. The van der Waals surface area contributed by atoms with Crippen molar-refractivity contribution in [1.82, 2.24) is 9.97 Å². The van der Waals surface area contributed by atoms with Crippen LogP contribution in [0, 0.1) is 6.92 Å². The monoisotopic (exact) mass is 386 g/mol. The van der Waals surface area contributed by atoms with Crippen molar-refractivity contribution in [3.63, 3.8) is 0 Å². The summed E-state index contributed by atoms with van der Waals surface area (Å²) in [4.78, 5) is 20.7. The average Bonchev–Trinajstić information content (AvgIpc) is 3.08. The molecule has 27 heavy (non-hydrogen) atoms. The Morgan fingerprint density at radius 1 is 1.00 bits per heavy atom. The molecule has 6 nitrogen and oxygen atoms in total. The minimum absolute atomic E-state index is 0.247. The molecule has 140 valence electrons. The highest BCUT2D eigenvalue weighted by Gasteiger charge is 2.22. The van der Waals surface area contributed by atoms with Gasteiger partial charge in [-0.15, -0.1) is 0 Å². The maximum absolute atomic E-state index is 13.0. The van der Waals surface area contributed by atoms with Crippen LogP contribution in [0.25, 0.3) is 11.4 Å². The number of benzene rings is 2. The summed E-state index contributed by atoms with van der Waals surface area (Å²) in [6, 6.07) is 10.5. The fraction of sp³-hybridized carbons (Fsp3) is 0.200. The zero-order chi connectivity index (χ0) is 19.6. The maximum atomic E-state index is 13.0. The number of H-pyrrole nitrogens is 1. The number of hydrogen-bond acceptors (Lipinski definition) is 5. The zero-order valence-corrected chi connectivity index (χ0v) is 16.2. The largest absolute Gasteiger partial charge is 0.493 e.